The molecule has 2 aromatic heterocycles. The number of aromatic carboxylic acids is 1. The molecular formula is C15H11N5O6S. The number of H-pyrrole nitrogens is 1. The van der Waals surface area contributed by atoms with Crippen molar-refractivity contribution in [2.24, 2.45) is 0 Å². The van der Waals surface area contributed by atoms with Gasteiger partial charge >= 0.3 is 11.6 Å². The van der Waals surface area contributed by atoms with Crippen molar-refractivity contribution in [1.29, 1.82) is 0 Å². The molecule has 0 fully saturated rings. The fourth-order valence-electron chi connectivity index (χ4n) is 2.12. The average Bonchev–Trinajstić information content (AvgIpc) is 2.61. The van der Waals surface area contributed by atoms with Crippen molar-refractivity contribution >= 4 is 27.7 Å². The van der Waals surface area contributed by atoms with Crippen LogP contribution in [0.25, 0.3) is 5.95 Å². The van der Waals surface area contributed by atoms with E-state index >= 15 is 0 Å². The maximum absolute atomic E-state index is 11.8. The van der Waals surface area contributed by atoms with E-state index in [0.717, 1.165) is 12.1 Å². The zero-order valence-electron chi connectivity index (χ0n) is 13.4. The summed E-state index contributed by atoms with van der Waals surface area (Å²) in [6.45, 7) is 0. The number of hydrogen-bond donors (Lipinski definition) is 3. The van der Waals surface area contributed by atoms with Crippen LogP contribution in [0, 0.1) is 0 Å². The van der Waals surface area contributed by atoms with E-state index in [4.69, 9.17) is 4.55 Å². The predicted molar refractivity (Wildman–Crippen MR) is 88.1 cm³/mol. The summed E-state index contributed by atoms with van der Waals surface area (Å²) in [5, 5.41) is 13.7. The molecule has 0 unspecified atom stereocenters. The molecule has 0 radical (unpaired) electrons. The third kappa shape index (κ3) is 4.31. The summed E-state index contributed by atoms with van der Waals surface area (Å²) in [4.78, 5) is 32.5. The Kier molecular flexibility index (Phi) is 4.66. The van der Waals surface area contributed by atoms with Crippen molar-refractivity contribution in [3.8, 4) is 5.95 Å². The molecule has 3 N–H and O–H groups in total. The quantitative estimate of drug-likeness (QED) is 0.358. The minimum Gasteiger partial charge on any atom is -0.545 e. The second-order valence-corrected chi connectivity index (χ2v) is 6.64. The van der Waals surface area contributed by atoms with Crippen molar-refractivity contribution in [1.82, 2.24) is 15.0 Å². The highest BCUT2D eigenvalue weighted by atomic mass is 32.2. The van der Waals surface area contributed by atoms with Crippen molar-refractivity contribution < 1.29 is 27.4 Å². The van der Waals surface area contributed by atoms with Gasteiger partial charge in [-0.1, -0.05) is 0 Å². The largest absolute Gasteiger partial charge is 0.545 e. The molecule has 0 saturated heterocycles. The van der Waals surface area contributed by atoms with Gasteiger partial charge in [-0.25, -0.2) is 14.3 Å². The third-order valence-corrected chi connectivity index (χ3v) is 4.19. The van der Waals surface area contributed by atoms with Crippen molar-refractivity contribution in [2.75, 3.05) is 5.32 Å². The summed E-state index contributed by atoms with van der Waals surface area (Å²) in [6, 6.07) is 7.78. The fraction of sp³-hybridized carbons (Fsp3) is 0. The number of benzene rings is 1. The lowest BCUT2D eigenvalue weighted by molar-refractivity contribution is -0.604. The van der Waals surface area contributed by atoms with Crippen LogP contribution in [0.3, 0.4) is 0 Å². The van der Waals surface area contributed by atoms with Crippen molar-refractivity contribution in [2.45, 2.75) is 4.90 Å². The Hall–Kier alpha value is -3.64. The molecule has 2 heterocycles. The summed E-state index contributed by atoms with van der Waals surface area (Å²) in [5.41, 5.74) is -0.503. The molecule has 138 valence electrons. The minimum atomic E-state index is -4.32. The fourth-order valence-corrected chi connectivity index (χ4v) is 2.60. The summed E-state index contributed by atoms with van der Waals surface area (Å²) in [5.74, 6) is -1.51. The standard InChI is InChI=1S/C15H11N5O6S/c21-12(22)9-2-1-7-20(8-9)14-17-13(18-15(23)19-14)16-10-3-5-11(6-4-10)27(24,25)26/h1-8H,(H3-,16,17,18,19,21,22,23,24,25,26). The van der Waals surface area contributed by atoms with E-state index in [-0.39, 0.29) is 22.4 Å². The van der Waals surface area contributed by atoms with Gasteiger partial charge in [0, 0.05) is 11.3 Å². The normalized spacial score (nSPS) is 11.1. The molecule has 12 heteroatoms. The Labute approximate surface area is 151 Å². The molecule has 27 heavy (non-hydrogen) atoms. The van der Waals surface area contributed by atoms with Crippen molar-refractivity contribution in [3.63, 3.8) is 0 Å². The first-order chi connectivity index (χ1) is 12.7. The number of aromatic nitrogens is 4. The van der Waals surface area contributed by atoms with Gasteiger partial charge in [0.1, 0.15) is 0 Å². The number of anilines is 2. The minimum absolute atomic E-state index is 0.0176. The number of carboxylic acid groups (broad SMARTS) is 1. The topological polar surface area (TPSA) is 169 Å². The van der Waals surface area contributed by atoms with E-state index < -0.39 is 21.8 Å². The molecular weight excluding hydrogens is 378 g/mol. The number of nitrogens with one attached hydrogen (secondary N) is 2. The van der Waals surface area contributed by atoms with Crippen LogP contribution in [0.4, 0.5) is 11.6 Å². The van der Waals surface area contributed by atoms with E-state index in [1.54, 1.807) is 0 Å². The Morgan fingerprint density at radius 3 is 2.52 bits per heavy atom. The Morgan fingerprint density at radius 2 is 1.89 bits per heavy atom. The maximum Gasteiger partial charge on any atom is 0.446 e. The first-order valence-corrected chi connectivity index (χ1v) is 8.72. The highest BCUT2D eigenvalue weighted by Gasteiger charge is 2.16. The van der Waals surface area contributed by atoms with Gasteiger partial charge in [-0.2, -0.15) is 8.42 Å². The van der Waals surface area contributed by atoms with Crippen LogP contribution in [0.1, 0.15) is 10.4 Å². The predicted octanol–water partition coefficient (Wildman–Crippen LogP) is -1.20. The lowest BCUT2D eigenvalue weighted by Crippen LogP contribution is -2.37. The molecule has 1 aromatic carbocycles. The van der Waals surface area contributed by atoms with Gasteiger partial charge in [0.15, 0.2) is 0 Å². The Morgan fingerprint density at radius 1 is 1.19 bits per heavy atom. The first-order valence-electron chi connectivity index (χ1n) is 7.28. The van der Waals surface area contributed by atoms with E-state index in [1.165, 1.54) is 41.2 Å². The monoisotopic (exact) mass is 389 g/mol. The van der Waals surface area contributed by atoms with Gasteiger partial charge in [-0.15, -0.1) is 0 Å². The molecule has 0 atom stereocenters. The van der Waals surface area contributed by atoms with E-state index in [9.17, 15) is 23.1 Å². The number of carbonyl (C=O) groups is 1. The van der Waals surface area contributed by atoms with Crippen LogP contribution in [-0.4, -0.2) is 33.9 Å². The number of aromatic amines is 1. The van der Waals surface area contributed by atoms with Gasteiger partial charge in [-0.3, -0.25) is 4.55 Å². The molecule has 0 bridgehead atoms. The average molecular weight is 389 g/mol. The molecule has 0 aliphatic carbocycles. The molecule has 0 amide bonds. The molecule has 3 rings (SSSR count). The number of pyridine rings is 1. The van der Waals surface area contributed by atoms with E-state index in [2.05, 4.69) is 20.3 Å². The van der Waals surface area contributed by atoms with Crippen molar-refractivity contribution in [3.05, 3.63) is 64.8 Å². The maximum atomic E-state index is 11.8. The highest BCUT2D eigenvalue weighted by Crippen LogP contribution is 2.16. The Bertz CT molecular complexity index is 1170. The van der Waals surface area contributed by atoms with Crippen LogP contribution >= 0.6 is 0 Å². The lowest BCUT2D eigenvalue weighted by atomic mass is 10.3. The number of nitrogens with zero attached hydrogens (tertiary/aromatic N) is 3. The first kappa shape index (κ1) is 18.2. The lowest BCUT2D eigenvalue weighted by Gasteiger charge is -2.04. The number of carboxylic acids is 1. The zero-order chi connectivity index (χ0) is 19.6. The van der Waals surface area contributed by atoms with E-state index in [1.807, 2.05) is 0 Å². The molecule has 0 aliphatic heterocycles. The SMILES string of the molecule is O=C([O-])c1ccc[n+](-c2nc(Nc3ccc(S(=O)(=O)O)cc3)[nH]c(=O)n2)c1. The Balaban J connectivity index is 1.93. The molecule has 0 spiro atoms. The summed E-state index contributed by atoms with van der Waals surface area (Å²) < 4.78 is 32.3. The van der Waals surface area contributed by atoms with E-state index in [0.29, 0.717) is 5.69 Å². The zero-order valence-corrected chi connectivity index (χ0v) is 14.2. The second-order valence-electron chi connectivity index (χ2n) is 5.21. The van der Waals surface area contributed by atoms with Gasteiger partial charge in [0.05, 0.1) is 23.3 Å². The number of carbonyl (C=O) groups excluding carboxylic acids is 1. The molecule has 0 saturated carbocycles. The molecule has 3 aromatic rings. The van der Waals surface area contributed by atoms with Crippen LogP contribution in [0.2, 0.25) is 0 Å². The van der Waals surface area contributed by atoms with Crippen LogP contribution in [0.5, 0.6) is 0 Å². The number of rotatable bonds is 5. The van der Waals surface area contributed by atoms with Crippen LogP contribution < -0.4 is 20.7 Å². The smallest absolute Gasteiger partial charge is 0.446 e. The summed E-state index contributed by atoms with van der Waals surface area (Å²) in [7, 11) is -4.32. The second kappa shape index (κ2) is 6.93. The highest BCUT2D eigenvalue weighted by molar-refractivity contribution is 7.85. The molecule has 11 nitrogen and oxygen atoms in total. The summed E-state index contributed by atoms with van der Waals surface area (Å²) in [6.07, 6.45) is 2.64. The van der Waals surface area contributed by atoms with Crippen LogP contribution in [-0.2, 0) is 10.1 Å². The van der Waals surface area contributed by atoms with Crippen LogP contribution in [0.15, 0.2) is 58.5 Å². The van der Waals surface area contributed by atoms with Gasteiger partial charge in [0.2, 0.25) is 0 Å². The number of hydrogen-bond acceptors (Lipinski definition) is 8. The van der Waals surface area contributed by atoms with Gasteiger partial charge < -0.3 is 15.2 Å². The summed E-state index contributed by atoms with van der Waals surface area (Å²) >= 11 is 0. The van der Waals surface area contributed by atoms with Gasteiger partial charge in [0.25, 0.3) is 16.1 Å². The third-order valence-electron chi connectivity index (χ3n) is 3.32. The molecule has 0 aliphatic rings. The van der Waals surface area contributed by atoms with Gasteiger partial charge in [-0.05, 0) is 46.4 Å².